The van der Waals surface area contributed by atoms with Gasteiger partial charge in [0.1, 0.15) is 11.1 Å². The third-order valence-corrected chi connectivity index (χ3v) is 2.56. The zero-order valence-corrected chi connectivity index (χ0v) is 8.48. The summed E-state index contributed by atoms with van der Waals surface area (Å²) in [6, 6.07) is 3.40. The molecular weight excluding hydrogens is 285 g/mol. The summed E-state index contributed by atoms with van der Waals surface area (Å²) < 4.78 is 5.64. The van der Waals surface area contributed by atoms with Crippen LogP contribution >= 0.6 is 22.6 Å². The fraction of sp³-hybridized carbons (Fsp3) is 0. The first-order chi connectivity index (χ1) is 6.20. The van der Waals surface area contributed by atoms with Crippen molar-refractivity contribution in [2.45, 2.75) is 0 Å². The summed E-state index contributed by atoms with van der Waals surface area (Å²) in [5.74, 6) is -0.982. The summed E-state index contributed by atoms with van der Waals surface area (Å²) in [6.45, 7) is 0. The first kappa shape index (κ1) is 8.49. The number of hydrogen-bond donors (Lipinski definition) is 1. The smallest absolute Gasteiger partial charge is 0.339 e. The molecule has 1 heterocycles. The van der Waals surface area contributed by atoms with E-state index in [0.29, 0.717) is 14.7 Å². The molecule has 0 spiro atoms. The number of hydrogen-bond acceptors (Lipinski definition) is 3. The van der Waals surface area contributed by atoms with Gasteiger partial charge in [-0.25, -0.2) is 9.78 Å². The van der Waals surface area contributed by atoms with Gasteiger partial charge in [-0.1, -0.05) is 0 Å². The summed E-state index contributed by atoms with van der Waals surface area (Å²) in [6.07, 6.45) is 1.24. The second-order valence-corrected chi connectivity index (χ2v) is 3.59. The molecule has 2 rings (SSSR count). The van der Waals surface area contributed by atoms with Gasteiger partial charge in [0, 0.05) is 3.57 Å². The molecule has 0 aliphatic carbocycles. The maximum Gasteiger partial charge on any atom is 0.339 e. The molecule has 0 aliphatic heterocycles. The van der Waals surface area contributed by atoms with Crippen LogP contribution in [0.25, 0.3) is 11.1 Å². The van der Waals surface area contributed by atoms with Crippen molar-refractivity contribution in [1.82, 2.24) is 4.98 Å². The third kappa shape index (κ3) is 1.28. The van der Waals surface area contributed by atoms with E-state index in [4.69, 9.17) is 9.52 Å². The molecule has 0 saturated carbocycles. The first-order valence-electron chi connectivity index (χ1n) is 3.45. The van der Waals surface area contributed by atoms with Gasteiger partial charge in [-0.2, -0.15) is 0 Å². The van der Waals surface area contributed by atoms with Crippen molar-refractivity contribution in [2.24, 2.45) is 0 Å². The van der Waals surface area contributed by atoms with Crippen LogP contribution in [-0.4, -0.2) is 16.1 Å². The van der Waals surface area contributed by atoms with Gasteiger partial charge in [-0.15, -0.1) is 0 Å². The average molecular weight is 289 g/mol. The molecule has 66 valence electrons. The SMILES string of the molecule is O=C(O)c1c(I)ccc2ocnc12. The molecule has 1 N–H and O–H groups in total. The van der Waals surface area contributed by atoms with Gasteiger partial charge in [0.25, 0.3) is 0 Å². The van der Waals surface area contributed by atoms with Crippen LogP contribution in [0.3, 0.4) is 0 Å². The molecule has 0 amide bonds. The number of fused-ring (bicyclic) bond motifs is 1. The van der Waals surface area contributed by atoms with E-state index in [2.05, 4.69) is 4.98 Å². The predicted molar refractivity (Wildman–Crippen MR) is 53.7 cm³/mol. The molecule has 1 aromatic heterocycles. The lowest BCUT2D eigenvalue weighted by Crippen LogP contribution is -2.00. The Morgan fingerprint density at radius 2 is 2.31 bits per heavy atom. The summed E-state index contributed by atoms with van der Waals surface area (Å²) >= 11 is 1.96. The predicted octanol–water partition coefficient (Wildman–Crippen LogP) is 2.13. The summed E-state index contributed by atoms with van der Waals surface area (Å²) in [5.41, 5.74) is 1.10. The molecule has 0 unspecified atom stereocenters. The Morgan fingerprint density at radius 3 is 3.00 bits per heavy atom. The second kappa shape index (κ2) is 2.99. The summed E-state index contributed by atoms with van der Waals surface area (Å²) in [7, 11) is 0. The number of carboxylic acid groups (broad SMARTS) is 1. The van der Waals surface area contributed by atoms with E-state index < -0.39 is 5.97 Å². The number of oxazole rings is 1. The Bertz CT molecular complexity index is 477. The van der Waals surface area contributed by atoms with Crippen LogP contribution in [0.4, 0.5) is 0 Å². The Balaban J connectivity index is 2.88. The number of carboxylic acids is 1. The average Bonchev–Trinajstić information content (AvgIpc) is 2.50. The fourth-order valence-electron chi connectivity index (χ4n) is 1.11. The number of halogens is 1. The number of aromatic carboxylic acids is 1. The lowest BCUT2D eigenvalue weighted by molar-refractivity contribution is 0.0697. The molecule has 5 heteroatoms. The number of nitrogens with zero attached hydrogens (tertiary/aromatic N) is 1. The Morgan fingerprint density at radius 1 is 1.54 bits per heavy atom. The maximum absolute atomic E-state index is 10.8. The lowest BCUT2D eigenvalue weighted by Gasteiger charge is -1.97. The molecular formula is C8H4INO3. The van der Waals surface area contributed by atoms with Crippen molar-refractivity contribution < 1.29 is 14.3 Å². The Hall–Kier alpha value is -1.11. The molecule has 4 nitrogen and oxygen atoms in total. The van der Waals surface area contributed by atoms with Crippen LogP contribution in [0, 0.1) is 3.57 Å². The van der Waals surface area contributed by atoms with Crippen LogP contribution in [0.1, 0.15) is 10.4 Å². The number of rotatable bonds is 1. The second-order valence-electron chi connectivity index (χ2n) is 2.43. The van der Waals surface area contributed by atoms with E-state index in [1.54, 1.807) is 12.1 Å². The quantitative estimate of drug-likeness (QED) is 0.817. The minimum Gasteiger partial charge on any atom is -0.478 e. The highest BCUT2D eigenvalue weighted by Crippen LogP contribution is 2.22. The third-order valence-electron chi connectivity index (χ3n) is 1.67. The van der Waals surface area contributed by atoms with Crippen molar-refractivity contribution in [2.75, 3.05) is 0 Å². The molecule has 13 heavy (non-hydrogen) atoms. The monoisotopic (exact) mass is 289 g/mol. The largest absolute Gasteiger partial charge is 0.478 e. The molecule has 0 radical (unpaired) electrons. The Labute approximate surface area is 86.7 Å². The molecule has 0 atom stereocenters. The highest BCUT2D eigenvalue weighted by atomic mass is 127. The summed E-state index contributed by atoms with van der Waals surface area (Å²) in [4.78, 5) is 14.7. The fourth-order valence-corrected chi connectivity index (χ4v) is 1.78. The topological polar surface area (TPSA) is 63.3 Å². The van der Waals surface area contributed by atoms with E-state index in [1.807, 2.05) is 22.6 Å². The van der Waals surface area contributed by atoms with Crippen molar-refractivity contribution in [3.63, 3.8) is 0 Å². The van der Waals surface area contributed by atoms with Crippen LogP contribution in [-0.2, 0) is 0 Å². The Kier molecular flexibility index (Phi) is 1.95. The maximum atomic E-state index is 10.8. The molecule has 0 bridgehead atoms. The lowest BCUT2D eigenvalue weighted by atomic mass is 10.2. The molecule has 0 saturated heterocycles. The standard InChI is InChI=1S/C8H4INO3/c9-4-1-2-5-7(10-3-13-5)6(4)8(11)12/h1-3H,(H,11,12). The normalized spacial score (nSPS) is 10.5. The molecule has 1 aromatic carbocycles. The molecule has 0 aliphatic rings. The van der Waals surface area contributed by atoms with Crippen LogP contribution < -0.4 is 0 Å². The zero-order chi connectivity index (χ0) is 9.42. The van der Waals surface area contributed by atoms with Crippen molar-refractivity contribution >= 4 is 39.7 Å². The minimum absolute atomic E-state index is 0.201. The first-order valence-corrected chi connectivity index (χ1v) is 4.53. The van der Waals surface area contributed by atoms with E-state index in [1.165, 1.54) is 6.39 Å². The van der Waals surface area contributed by atoms with Gasteiger partial charge >= 0.3 is 5.97 Å². The van der Waals surface area contributed by atoms with Gasteiger partial charge in [0.15, 0.2) is 12.0 Å². The number of aromatic nitrogens is 1. The summed E-state index contributed by atoms with van der Waals surface area (Å²) in [5, 5.41) is 8.90. The van der Waals surface area contributed by atoms with E-state index >= 15 is 0 Å². The van der Waals surface area contributed by atoms with Crippen molar-refractivity contribution in [3.05, 3.63) is 27.7 Å². The molecule has 0 fully saturated rings. The van der Waals surface area contributed by atoms with Crippen LogP contribution in [0.2, 0.25) is 0 Å². The van der Waals surface area contributed by atoms with Gasteiger partial charge in [0.2, 0.25) is 0 Å². The molecule has 2 aromatic rings. The minimum atomic E-state index is -0.982. The van der Waals surface area contributed by atoms with Crippen molar-refractivity contribution in [3.8, 4) is 0 Å². The zero-order valence-electron chi connectivity index (χ0n) is 6.32. The van der Waals surface area contributed by atoms with Crippen LogP contribution in [0.5, 0.6) is 0 Å². The highest BCUT2D eigenvalue weighted by Gasteiger charge is 2.15. The van der Waals surface area contributed by atoms with Crippen LogP contribution in [0.15, 0.2) is 22.9 Å². The van der Waals surface area contributed by atoms with Gasteiger partial charge in [0.05, 0.1) is 0 Å². The van der Waals surface area contributed by atoms with Gasteiger partial charge < -0.3 is 9.52 Å². The number of benzene rings is 1. The number of carbonyl (C=O) groups is 1. The van der Waals surface area contributed by atoms with E-state index in [9.17, 15) is 4.79 Å². The van der Waals surface area contributed by atoms with E-state index in [-0.39, 0.29) is 5.56 Å². The van der Waals surface area contributed by atoms with E-state index in [0.717, 1.165) is 0 Å². The van der Waals surface area contributed by atoms with Crippen molar-refractivity contribution in [1.29, 1.82) is 0 Å². The van der Waals surface area contributed by atoms with Gasteiger partial charge in [-0.3, -0.25) is 0 Å². The highest BCUT2D eigenvalue weighted by molar-refractivity contribution is 14.1. The van der Waals surface area contributed by atoms with Gasteiger partial charge in [-0.05, 0) is 34.7 Å².